The van der Waals surface area contributed by atoms with Crippen LogP contribution in [0.3, 0.4) is 0 Å². The Hall–Kier alpha value is -0.0800. The molecule has 2 aliphatic heterocycles. The Labute approximate surface area is 100 Å². The van der Waals surface area contributed by atoms with E-state index in [9.17, 15) is 0 Å². The first-order valence-corrected chi connectivity index (χ1v) is 6.83. The Balaban J connectivity index is 2.25. The molecule has 94 valence electrons. The summed E-state index contributed by atoms with van der Waals surface area (Å²) in [6.07, 6.45) is 3.85. The van der Waals surface area contributed by atoms with Gasteiger partial charge in [0.1, 0.15) is 0 Å². The lowest BCUT2D eigenvalue weighted by Crippen LogP contribution is -2.54. The predicted molar refractivity (Wildman–Crippen MR) is 67.6 cm³/mol. The zero-order valence-electron chi connectivity index (χ0n) is 11.4. The number of nitrogens with zero attached hydrogens (tertiary/aromatic N) is 1. The molecule has 1 spiro atoms. The SMILES string of the molecule is CCN1CCC(C(C)(C)C)C12CCOCC2. The topological polar surface area (TPSA) is 12.5 Å². The highest BCUT2D eigenvalue weighted by Gasteiger charge is 2.52. The summed E-state index contributed by atoms with van der Waals surface area (Å²) in [5.74, 6) is 0.837. The lowest BCUT2D eigenvalue weighted by atomic mass is 9.66. The largest absolute Gasteiger partial charge is 0.381 e. The molecule has 2 heteroatoms. The van der Waals surface area contributed by atoms with E-state index in [1.54, 1.807) is 0 Å². The third-order valence-electron chi connectivity index (χ3n) is 4.75. The van der Waals surface area contributed by atoms with Gasteiger partial charge in [-0.15, -0.1) is 0 Å². The first-order chi connectivity index (χ1) is 7.50. The first kappa shape index (κ1) is 12.4. The fourth-order valence-electron chi connectivity index (χ4n) is 4.10. The van der Waals surface area contributed by atoms with Crippen molar-refractivity contribution in [1.29, 1.82) is 0 Å². The predicted octanol–water partition coefficient (Wildman–Crippen LogP) is 2.92. The Morgan fingerprint density at radius 2 is 1.88 bits per heavy atom. The van der Waals surface area contributed by atoms with Crippen LogP contribution in [0.5, 0.6) is 0 Å². The number of rotatable bonds is 1. The monoisotopic (exact) mass is 225 g/mol. The fraction of sp³-hybridized carbons (Fsp3) is 1.00. The Morgan fingerprint density at radius 1 is 1.25 bits per heavy atom. The van der Waals surface area contributed by atoms with Gasteiger partial charge in [0.15, 0.2) is 0 Å². The molecule has 0 saturated carbocycles. The Morgan fingerprint density at radius 3 is 2.38 bits per heavy atom. The number of likely N-dealkylation sites (tertiary alicyclic amines) is 1. The van der Waals surface area contributed by atoms with Crippen molar-refractivity contribution in [2.24, 2.45) is 11.3 Å². The van der Waals surface area contributed by atoms with Crippen molar-refractivity contribution >= 4 is 0 Å². The second-order valence-electron chi connectivity index (χ2n) is 6.50. The smallest absolute Gasteiger partial charge is 0.0483 e. The lowest BCUT2D eigenvalue weighted by molar-refractivity contribution is -0.0481. The highest BCUT2D eigenvalue weighted by atomic mass is 16.5. The summed E-state index contributed by atoms with van der Waals surface area (Å²) in [5.41, 5.74) is 0.881. The number of hydrogen-bond acceptors (Lipinski definition) is 2. The van der Waals surface area contributed by atoms with Gasteiger partial charge < -0.3 is 4.74 Å². The highest BCUT2D eigenvalue weighted by Crippen LogP contribution is 2.49. The van der Waals surface area contributed by atoms with Crippen molar-refractivity contribution in [3.8, 4) is 0 Å². The molecule has 1 atom stereocenters. The normalized spacial score (nSPS) is 31.1. The van der Waals surface area contributed by atoms with Gasteiger partial charge in [0, 0.05) is 18.8 Å². The second-order valence-corrected chi connectivity index (χ2v) is 6.50. The molecule has 0 amide bonds. The quantitative estimate of drug-likeness (QED) is 0.680. The van der Waals surface area contributed by atoms with E-state index in [0.29, 0.717) is 11.0 Å². The molecule has 1 unspecified atom stereocenters. The van der Waals surface area contributed by atoms with E-state index in [2.05, 4.69) is 32.6 Å². The molecule has 0 bridgehead atoms. The highest BCUT2D eigenvalue weighted by molar-refractivity contribution is 5.06. The summed E-state index contributed by atoms with van der Waals surface area (Å²) < 4.78 is 5.58. The molecule has 2 fully saturated rings. The molecule has 0 N–H and O–H groups in total. The summed E-state index contributed by atoms with van der Waals surface area (Å²) in [6, 6.07) is 0. The second kappa shape index (κ2) is 4.30. The summed E-state index contributed by atoms with van der Waals surface area (Å²) >= 11 is 0. The van der Waals surface area contributed by atoms with Gasteiger partial charge in [0.2, 0.25) is 0 Å². The van der Waals surface area contributed by atoms with Crippen LogP contribution in [-0.2, 0) is 4.74 Å². The molecule has 2 heterocycles. The van der Waals surface area contributed by atoms with E-state index in [4.69, 9.17) is 4.74 Å². The van der Waals surface area contributed by atoms with Crippen molar-refractivity contribution in [2.45, 2.75) is 52.5 Å². The maximum atomic E-state index is 5.58. The summed E-state index contributed by atoms with van der Waals surface area (Å²) in [4.78, 5) is 2.73. The van der Waals surface area contributed by atoms with Gasteiger partial charge in [-0.05, 0) is 43.7 Å². The Bertz CT molecular complexity index is 238. The van der Waals surface area contributed by atoms with Gasteiger partial charge in [0.05, 0.1) is 0 Å². The minimum absolute atomic E-state index is 0.432. The van der Waals surface area contributed by atoms with Crippen LogP contribution in [0.25, 0.3) is 0 Å². The van der Waals surface area contributed by atoms with Gasteiger partial charge in [-0.3, -0.25) is 4.90 Å². The molecule has 2 saturated heterocycles. The van der Waals surface area contributed by atoms with Gasteiger partial charge in [-0.1, -0.05) is 27.7 Å². The van der Waals surface area contributed by atoms with Crippen molar-refractivity contribution in [3.63, 3.8) is 0 Å². The van der Waals surface area contributed by atoms with E-state index in [1.807, 2.05) is 0 Å². The molecule has 16 heavy (non-hydrogen) atoms. The maximum absolute atomic E-state index is 5.58. The molecular weight excluding hydrogens is 198 g/mol. The lowest BCUT2D eigenvalue weighted by Gasteiger charge is -2.49. The van der Waals surface area contributed by atoms with E-state index < -0.39 is 0 Å². The number of ether oxygens (including phenoxy) is 1. The van der Waals surface area contributed by atoms with E-state index in [0.717, 1.165) is 19.1 Å². The zero-order valence-corrected chi connectivity index (χ0v) is 11.4. The van der Waals surface area contributed by atoms with Gasteiger partial charge in [-0.2, -0.15) is 0 Å². The molecule has 0 radical (unpaired) electrons. The Kier molecular flexibility index (Phi) is 3.33. The summed E-state index contributed by atoms with van der Waals surface area (Å²) in [7, 11) is 0. The average molecular weight is 225 g/mol. The van der Waals surface area contributed by atoms with Crippen molar-refractivity contribution in [1.82, 2.24) is 4.90 Å². The van der Waals surface area contributed by atoms with Gasteiger partial charge >= 0.3 is 0 Å². The fourth-order valence-corrected chi connectivity index (χ4v) is 4.10. The molecule has 2 nitrogen and oxygen atoms in total. The summed E-state index contributed by atoms with van der Waals surface area (Å²) in [5, 5.41) is 0. The van der Waals surface area contributed by atoms with Crippen LogP contribution < -0.4 is 0 Å². The molecular formula is C14H27NO. The molecule has 0 aromatic rings. The summed E-state index contributed by atoms with van der Waals surface area (Å²) in [6.45, 7) is 14.0. The zero-order chi connectivity index (χ0) is 11.8. The van der Waals surface area contributed by atoms with E-state index in [-0.39, 0.29) is 0 Å². The van der Waals surface area contributed by atoms with Crippen LogP contribution in [0, 0.1) is 11.3 Å². The maximum Gasteiger partial charge on any atom is 0.0483 e. The van der Waals surface area contributed by atoms with E-state index in [1.165, 1.54) is 32.4 Å². The average Bonchev–Trinajstić information content (AvgIpc) is 2.57. The minimum Gasteiger partial charge on any atom is -0.381 e. The van der Waals surface area contributed by atoms with Gasteiger partial charge in [-0.25, -0.2) is 0 Å². The van der Waals surface area contributed by atoms with Crippen LogP contribution >= 0.6 is 0 Å². The number of hydrogen-bond donors (Lipinski definition) is 0. The third kappa shape index (κ3) is 1.91. The van der Waals surface area contributed by atoms with E-state index >= 15 is 0 Å². The molecule has 2 aliphatic rings. The third-order valence-corrected chi connectivity index (χ3v) is 4.75. The molecule has 0 aromatic carbocycles. The minimum atomic E-state index is 0.432. The molecule has 0 aliphatic carbocycles. The standard InChI is InChI=1S/C14H27NO/c1-5-15-9-6-12(13(2,3)4)14(15)7-10-16-11-8-14/h12H,5-11H2,1-4H3. The molecule has 0 aromatic heterocycles. The van der Waals surface area contributed by atoms with Crippen LogP contribution in [0.4, 0.5) is 0 Å². The van der Waals surface area contributed by atoms with Crippen molar-refractivity contribution < 1.29 is 4.74 Å². The van der Waals surface area contributed by atoms with Crippen LogP contribution in [0.15, 0.2) is 0 Å². The van der Waals surface area contributed by atoms with Crippen molar-refractivity contribution in [3.05, 3.63) is 0 Å². The van der Waals surface area contributed by atoms with Gasteiger partial charge in [0.25, 0.3) is 0 Å². The molecule has 2 rings (SSSR count). The van der Waals surface area contributed by atoms with Crippen LogP contribution in [-0.4, -0.2) is 36.7 Å². The van der Waals surface area contributed by atoms with Crippen LogP contribution in [0.2, 0.25) is 0 Å². The van der Waals surface area contributed by atoms with Crippen molar-refractivity contribution in [2.75, 3.05) is 26.3 Å². The van der Waals surface area contributed by atoms with Crippen LogP contribution in [0.1, 0.15) is 47.0 Å². The first-order valence-electron chi connectivity index (χ1n) is 6.83.